The summed E-state index contributed by atoms with van der Waals surface area (Å²) in [5.41, 5.74) is 1.15. The van der Waals surface area contributed by atoms with Crippen LogP contribution in [-0.4, -0.2) is 12.2 Å². The Balaban J connectivity index is 2.30. The van der Waals surface area contributed by atoms with Gasteiger partial charge in [-0.25, -0.2) is 0 Å². The monoisotopic (exact) mass is 433 g/mol. The van der Waals surface area contributed by atoms with E-state index >= 15 is 0 Å². The first-order chi connectivity index (χ1) is 9.51. The van der Waals surface area contributed by atoms with Crippen molar-refractivity contribution < 1.29 is 4.79 Å². The lowest BCUT2D eigenvalue weighted by atomic mass is 10.2. The first-order valence-electron chi connectivity index (χ1n) is 5.61. The number of hydrogen-bond acceptors (Lipinski definition) is 2. The highest BCUT2D eigenvalue weighted by Crippen LogP contribution is 2.28. The molecule has 0 aromatic heterocycles. The summed E-state index contributed by atoms with van der Waals surface area (Å²) in [4.78, 5) is 13.3. The fraction of sp³-hybridized carbons (Fsp3) is 0.0714. The third-order valence-electron chi connectivity index (χ3n) is 2.59. The molecule has 1 amide bonds. The molecule has 0 saturated heterocycles. The van der Waals surface area contributed by atoms with Gasteiger partial charge in [0.15, 0.2) is 0 Å². The summed E-state index contributed by atoms with van der Waals surface area (Å²) in [6, 6.07) is 11.0. The number of amides is 1. The van der Waals surface area contributed by atoms with E-state index in [-0.39, 0.29) is 5.91 Å². The van der Waals surface area contributed by atoms with Crippen molar-refractivity contribution in [3.63, 3.8) is 0 Å². The van der Waals surface area contributed by atoms with Crippen LogP contribution in [0.25, 0.3) is 0 Å². The molecule has 0 aliphatic carbocycles. The quantitative estimate of drug-likeness (QED) is 0.614. The van der Waals surface area contributed by atoms with E-state index in [2.05, 4.69) is 37.2 Å². The number of benzene rings is 2. The summed E-state index contributed by atoms with van der Waals surface area (Å²) in [7, 11) is 0. The van der Waals surface area contributed by atoms with Gasteiger partial charge in [0.1, 0.15) is 0 Å². The van der Waals surface area contributed by atoms with Crippen molar-refractivity contribution in [2.24, 2.45) is 0 Å². The third-order valence-corrected chi connectivity index (χ3v) is 4.83. The summed E-state index contributed by atoms with van der Waals surface area (Å²) in [5.74, 6) is -0.232. The number of anilines is 1. The fourth-order valence-electron chi connectivity index (χ4n) is 1.59. The number of halogens is 3. The molecule has 0 unspecified atom stereocenters. The molecule has 6 heteroatoms. The van der Waals surface area contributed by atoms with Crippen LogP contribution in [0.3, 0.4) is 0 Å². The summed E-state index contributed by atoms with van der Waals surface area (Å²) >= 11 is 14.4. The lowest BCUT2D eigenvalue weighted by molar-refractivity contribution is 0.102. The van der Waals surface area contributed by atoms with E-state index in [4.69, 9.17) is 11.6 Å². The standard InChI is InChI=1S/C14H10Br2ClNOS/c1-20-9-3-5-12(17)10(7-9)14(19)18-13-6-8(15)2-4-11(13)16/h2-7H,1H3,(H,18,19). The average Bonchev–Trinajstić information content (AvgIpc) is 2.43. The third kappa shape index (κ3) is 3.79. The maximum absolute atomic E-state index is 12.3. The van der Waals surface area contributed by atoms with Crippen LogP contribution in [0.1, 0.15) is 10.4 Å². The molecule has 2 aromatic carbocycles. The molecule has 0 atom stereocenters. The van der Waals surface area contributed by atoms with Crippen LogP contribution in [0.5, 0.6) is 0 Å². The Morgan fingerprint density at radius 3 is 2.65 bits per heavy atom. The molecule has 104 valence electrons. The Labute approximate surface area is 143 Å². The molecule has 0 aliphatic heterocycles. The number of rotatable bonds is 3. The lowest BCUT2D eigenvalue weighted by Crippen LogP contribution is -2.13. The van der Waals surface area contributed by atoms with Crippen molar-refractivity contribution in [1.82, 2.24) is 0 Å². The SMILES string of the molecule is CSc1ccc(Cl)c(C(=O)Nc2cc(Br)ccc2Br)c1. The number of thioether (sulfide) groups is 1. The Bertz CT molecular complexity index is 664. The molecule has 1 N–H and O–H groups in total. The van der Waals surface area contributed by atoms with Crippen LogP contribution in [0, 0.1) is 0 Å². The van der Waals surface area contributed by atoms with Crippen molar-refractivity contribution in [2.45, 2.75) is 4.90 Å². The molecule has 0 radical (unpaired) electrons. The normalized spacial score (nSPS) is 10.4. The second kappa shape index (κ2) is 6.98. The summed E-state index contributed by atoms with van der Waals surface area (Å²) in [6.45, 7) is 0. The Hall–Kier alpha value is -0.490. The lowest BCUT2D eigenvalue weighted by Gasteiger charge is -2.10. The zero-order valence-corrected chi connectivity index (χ0v) is 15.2. The summed E-state index contributed by atoms with van der Waals surface area (Å²) < 4.78 is 1.70. The van der Waals surface area contributed by atoms with Gasteiger partial charge < -0.3 is 5.32 Å². The van der Waals surface area contributed by atoms with Crippen LogP contribution in [0.15, 0.2) is 50.2 Å². The zero-order valence-electron chi connectivity index (χ0n) is 10.4. The Morgan fingerprint density at radius 1 is 1.20 bits per heavy atom. The van der Waals surface area contributed by atoms with E-state index in [1.165, 1.54) is 0 Å². The maximum atomic E-state index is 12.3. The molecule has 0 bridgehead atoms. The number of carbonyl (C=O) groups is 1. The van der Waals surface area contributed by atoms with Crippen LogP contribution in [0.2, 0.25) is 5.02 Å². The number of nitrogens with one attached hydrogen (secondary N) is 1. The topological polar surface area (TPSA) is 29.1 Å². The highest BCUT2D eigenvalue weighted by Gasteiger charge is 2.13. The molecule has 0 saturated carbocycles. The van der Waals surface area contributed by atoms with Crippen LogP contribution >= 0.6 is 55.2 Å². The highest BCUT2D eigenvalue weighted by molar-refractivity contribution is 9.11. The molecule has 0 heterocycles. The van der Waals surface area contributed by atoms with Gasteiger partial charge in [-0.05, 0) is 58.6 Å². The predicted molar refractivity (Wildman–Crippen MR) is 93.0 cm³/mol. The van der Waals surface area contributed by atoms with Crippen LogP contribution in [-0.2, 0) is 0 Å². The van der Waals surface area contributed by atoms with Crippen LogP contribution in [0.4, 0.5) is 5.69 Å². The van der Waals surface area contributed by atoms with Crippen molar-refractivity contribution in [3.05, 3.63) is 55.9 Å². The van der Waals surface area contributed by atoms with Gasteiger partial charge in [-0.2, -0.15) is 0 Å². The average molecular weight is 436 g/mol. The van der Waals surface area contributed by atoms with Crippen LogP contribution < -0.4 is 5.32 Å². The Morgan fingerprint density at radius 2 is 1.95 bits per heavy atom. The fourth-order valence-corrected chi connectivity index (χ4v) is 2.94. The van der Waals surface area contributed by atoms with E-state index in [1.54, 1.807) is 23.9 Å². The molecule has 2 nitrogen and oxygen atoms in total. The van der Waals surface area contributed by atoms with Crippen molar-refractivity contribution >= 4 is 66.8 Å². The minimum absolute atomic E-state index is 0.232. The molecule has 2 rings (SSSR count). The second-order valence-corrected chi connectivity index (χ2v) is 6.98. The molecule has 20 heavy (non-hydrogen) atoms. The van der Waals surface area contributed by atoms with E-state index in [9.17, 15) is 4.79 Å². The molecule has 0 fully saturated rings. The molecule has 0 spiro atoms. The summed E-state index contributed by atoms with van der Waals surface area (Å²) in [6.07, 6.45) is 1.95. The van der Waals surface area contributed by atoms with Gasteiger partial charge in [0.25, 0.3) is 5.91 Å². The summed E-state index contributed by atoms with van der Waals surface area (Å²) in [5, 5.41) is 3.29. The number of carbonyl (C=O) groups excluding carboxylic acids is 1. The largest absolute Gasteiger partial charge is 0.321 e. The van der Waals surface area contributed by atoms with Gasteiger partial charge in [-0.15, -0.1) is 11.8 Å². The first-order valence-corrected chi connectivity index (χ1v) is 8.80. The molecular formula is C14H10Br2ClNOS. The van der Waals surface area contributed by atoms with Gasteiger partial charge in [-0.1, -0.05) is 27.5 Å². The van der Waals surface area contributed by atoms with Crippen molar-refractivity contribution in [2.75, 3.05) is 11.6 Å². The maximum Gasteiger partial charge on any atom is 0.257 e. The van der Waals surface area contributed by atoms with E-state index in [1.807, 2.05) is 30.5 Å². The van der Waals surface area contributed by atoms with Gasteiger partial charge >= 0.3 is 0 Å². The van der Waals surface area contributed by atoms with Gasteiger partial charge in [0.2, 0.25) is 0 Å². The van der Waals surface area contributed by atoms with Gasteiger partial charge in [0.05, 0.1) is 16.3 Å². The minimum atomic E-state index is -0.232. The highest BCUT2D eigenvalue weighted by atomic mass is 79.9. The predicted octanol–water partition coefficient (Wildman–Crippen LogP) is 5.84. The minimum Gasteiger partial charge on any atom is -0.321 e. The molecule has 0 aliphatic rings. The van der Waals surface area contributed by atoms with Gasteiger partial charge in [-0.3, -0.25) is 4.79 Å². The van der Waals surface area contributed by atoms with E-state index < -0.39 is 0 Å². The van der Waals surface area contributed by atoms with E-state index in [0.717, 1.165) is 13.8 Å². The van der Waals surface area contributed by atoms with E-state index in [0.29, 0.717) is 16.3 Å². The smallest absolute Gasteiger partial charge is 0.257 e. The van der Waals surface area contributed by atoms with Crippen molar-refractivity contribution in [1.29, 1.82) is 0 Å². The second-order valence-electron chi connectivity index (χ2n) is 3.92. The zero-order chi connectivity index (χ0) is 14.7. The molecule has 2 aromatic rings. The molecular weight excluding hydrogens is 425 g/mol. The number of hydrogen-bond donors (Lipinski definition) is 1. The first kappa shape index (κ1) is 15.9. The van der Waals surface area contributed by atoms with Gasteiger partial charge in [0, 0.05) is 13.8 Å². The Kier molecular flexibility index (Phi) is 5.55. The van der Waals surface area contributed by atoms with Crippen molar-refractivity contribution in [3.8, 4) is 0 Å².